The molecule has 0 radical (unpaired) electrons. The van der Waals surface area contributed by atoms with Crippen LogP contribution in [0.2, 0.25) is 5.02 Å². The number of alkyl carbamates (subject to hydrolysis) is 1. The van der Waals surface area contributed by atoms with Crippen LogP contribution in [0.15, 0.2) is 24.3 Å². The number of piperidine rings is 1. The molecule has 120 valence electrons. The molecule has 2 fully saturated rings. The number of benzene rings is 1. The van der Waals surface area contributed by atoms with Crippen LogP contribution in [0.4, 0.5) is 4.79 Å². The van der Waals surface area contributed by atoms with Crippen molar-refractivity contribution in [2.24, 2.45) is 0 Å². The lowest BCUT2D eigenvalue weighted by Crippen LogP contribution is -2.48. The lowest BCUT2D eigenvalue weighted by molar-refractivity contribution is 0.0173. The van der Waals surface area contributed by atoms with Gasteiger partial charge >= 0.3 is 6.09 Å². The summed E-state index contributed by atoms with van der Waals surface area (Å²) in [5.41, 5.74) is 0.169. The Labute approximate surface area is 134 Å². The zero-order valence-electron chi connectivity index (χ0n) is 11.9. The van der Waals surface area contributed by atoms with Gasteiger partial charge in [-0.15, -0.1) is 0 Å². The number of nitrogens with one attached hydrogen (secondary N) is 1. The number of nitrogens with zero attached hydrogens (tertiary/aromatic N) is 1. The number of rotatable bonds is 3. The zero-order chi connectivity index (χ0) is 15.8. The predicted molar refractivity (Wildman–Crippen MR) is 82.1 cm³/mol. The smallest absolute Gasteiger partial charge is 0.407 e. The molecule has 0 aromatic heterocycles. The van der Waals surface area contributed by atoms with Crippen LogP contribution in [-0.4, -0.2) is 44.1 Å². The molecule has 1 amide bonds. The summed E-state index contributed by atoms with van der Waals surface area (Å²) in [6.07, 6.45) is 0.620. The van der Waals surface area contributed by atoms with Gasteiger partial charge in [-0.25, -0.2) is 17.5 Å². The number of sulfonamides is 1. The van der Waals surface area contributed by atoms with Gasteiger partial charge in [-0.05, 0) is 17.7 Å². The fourth-order valence-electron chi connectivity index (χ4n) is 2.84. The number of carbonyl (C=O) groups excluding carboxylic acids is 1. The standard InChI is InChI=1S/C14H17ClN2O4S/c15-12-3-1-11(2-4-12)9-22(19,20)17-7-5-14(6-8-17)10-16-13(18)21-14/h1-4H,5-10H2,(H,16,18). The maximum Gasteiger partial charge on any atom is 0.407 e. The van der Waals surface area contributed by atoms with Crippen molar-refractivity contribution in [3.8, 4) is 0 Å². The number of carbonyl (C=O) groups is 1. The first-order valence-corrected chi connectivity index (χ1v) is 9.06. The molecular weight excluding hydrogens is 328 g/mol. The van der Waals surface area contributed by atoms with E-state index in [9.17, 15) is 13.2 Å². The molecule has 2 aliphatic rings. The molecular formula is C14H17ClN2O4S. The van der Waals surface area contributed by atoms with Crippen LogP contribution in [0.5, 0.6) is 0 Å². The molecule has 0 saturated carbocycles. The Hall–Kier alpha value is -1.31. The summed E-state index contributed by atoms with van der Waals surface area (Å²) in [5.74, 6) is -0.0464. The Bertz CT molecular complexity index is 667. The van der Waals surface area contributed by atoms with Gasteiger partial charge in [0.1, 0.15) is 5.60 Å². The molecule has 6 nitrogen and oxygen atoms in total. The van der Waals surface area contributed by atoms with Gasteiger partial charge in [0.05, 0.1) is 12.3 Å². The Morgan fingerprint density at radius 3 is 2.41 bits per heavy atom. The Balaban J connectivity index is 1.64. The van der Waals surface area contributed by atoms with E-state index in [0.717, 1.165) is 0 Å². The largest absolute Gasteiger partial charge is 0.441 e. The van der Waals surface area contributed by atoms with Crippen molar-refractivity contribution in [2.75, 3.05) is 19.6 Å². The minimum Gasteiger partial charge on any atom is -0.441 e. The van der Waals surface area contributed by atoms with Crippen LogP contribution in [0.1, 0.15) is 18.4 Å². The quantitative estimate of drug-likeness (QED) is 0.906. The number of ether oxygens (including phenoxy) is 1. The van der Waals surface area contributed by atoms with Crippen molar-refractivity contribution in [3.63, 3.8) is 0 Å². The van der Waals surface area contributed by atoms with Crippen molar-refractivity contribution < 1.29 is 17.9 Å². The van der Waals surface area contributed by atoms with Crippen LogP contribution in [0.3, 0.4) is 0 Å². The Morgan fingerprint density at radius 1 is 1.23 bits per heavy atom. The summed E-state index contributed by atoms with van der Waals surface area (Å²) in [5, 5.41) is 3.22. The predicted octanol–water partition coefficient (Wildman–Crippen LogP) is 1.74. The number of halogens is 1. The van der Waals surface area contributed by atoms with E-state index in [-0.39, 0.29) is 5.75 Å². The SMILES string of the molecule is O=C1NCC2(CCN(S(=O)(=O)Cc3ccc(Cl)cc3)CC2)O1. The molecule has 1 aromatic rings. The topological polar surface area (TPSA) is 75.7 Å². The van der Waals surface area contributed by atoms with E-state index in [1.54, 1.807) is 24.3 Å². The second kappa shape index (κ2) is 5.72. The van der Waals surface area contributed by atoms with Gasteiger partial charge < -0.3 is 10.1 Å². The van der Waals surface area contributed by atoms with Crippen molar-refractivity contribution in [1.29, 1.82) is 0 Å². The second-order valence-corrected chi connectivity index (χ2v) is 8.11. The fraction of sp³-hybridized carbons (Fsp3) is 0.500. The molecule has 8 heteroatoms. The van der Waals surface area contributed by atoms with E-state index in [0.29, 0.717) is 43.1 Å². The van der Waals surface area contributed by atoms with E-state index in [4.69, 9.17) is 16.3 Å². The van der Waals surface area contributed by atoms with Gasteiger partial charge in [-0.1, -0.05) is 23.7 Å². The van der Waals surface area contributed by atoms with Gasteiger partial charge in [0.15, 0.2) is 0 Å². The molecule has 22 heavy (non-hydrogen) atoms. The first-order chi connectivity index (χ1) is 10.4. The van der Waals surface area contributed by atoms with Crippen LogP contribution >= 0.6 is 11.6 Å². The first-order valence-electron chi connectivity index (χ1n) is 7.08. The van der Waals surface area contributed by atoms with E-state index >= 15 is 0 Å². The maximum absolute atomic E-state index is 12.5. The summed E-state index contributed by atoms with van der Waals surface area (Å²) in [6.45, 7) is 1.19. The number of amides is 1. The minimum absolute atomic E-state index is 0.0464. The molecule has 3 rings (SSSR count). The molecule has 0 bridgehead atoms. The van der Waals surface area contributed by atoms with Crippen molar-refractivity contribution in [3.05, 3.63) is 34.9 Å². The maximum atomic E-state index is 12.5. The van der Waals surface area contributed by atoms with Gasteiger partial charge in [-0.3, -0.25) is 0 Å². The Kier molecular flexibility index (Phi) is 4.05. The van der Waals surface area contributed by atoms with Gasteiger partial charge in [-0.2, -0.15) is 0 Å². The molecule has 1 spiro atoms. The zero-order valence-corrected chi connectivity index (χ0v) is 13.5. The monoisotopic (exact) mass is 344 g/mol. The van der Waals surface area contributed by atoms with E-state index in [1.807, 2.05) is 0 Å². The highest BCUT2D eigenvalue weighted by Gasteiger charge is 2.44. The lowest BCUT2D eigenvalue weighted by atomic mass is 9.93. The molecule has 1 aromatic carbocycles. The third-order valence-electron chi connectivity index (χ3n) is 4.15. The molecule has 1 N–H and O–H groups in total. The second-order valence-electron chi connectivity index (χ2n) is 5.71. The van der Waals surface area contributed by atoms with Crippen molar-refractivity contribution >= 4 is 27.7 Å². The van der Waals surface area contributed by atoms with Gasteiger partial charge in [0.2, 0.25) is 10.0 Å². The van der Waals surface area contributed by atoms with E-state index in [1.165, 1.54) is 4.31 Å². The van der Waals surface area contributed by atoms with E-state index in [2.05, 4.69) is 5.32 Å². The summed E-state index contributed by atoms with van der Waals surface area (Å²) < 4.78 is 31.7. The van der Waals surface area contributed by atoms with Crippen LogP contribution in [-0.2, 0) is 20.5 Å². The van der Waals surface area contributed by atoms with Gasteiger partial charge in [0.25, 0.3) is 0 Å². The van der Waals surface area contributed by atoms with E-state index < -0.39 is 21.7 Å². The Morgan fingerprint density at radius 2 is 1.86 bits per heavy atom. The molecule has 2 heterocycles. The highest BCUT2D eigenvalue weighted by atomic mass is 35.5. The molecule has 0 aliphatic carbocycles. The van der Waals surface area contributed by atoms with Crippen LogP contribution in [0, 0.1) is 0 Å². The summed E-state index contributed by atoms with van der Waals surface area (Å²) >= 11 is 5.81. The molecule has 0 unspecified atom stereocenters. The summed E-state index contributed by atoms with van der Waals surface area (Å²) in [4.78, 5) is 11.2. The highest BCUT2D eigenvalue weighted by Crippen LogP contribution is 2.30. The van der Waals surface area contributed by atoms with Crippen molar-refractivity contribution in [1.82, 2.24) is 9.62 Å². The fourth-order valence-corrected chi connectivity index (χ4v) is 4.50. The lowest BCUT2D eigenvalue weighted by Gasteiger charge is -2.36. The molecule has 0 atom stereocenters. The number of hydrogen-bond donors (Lipinski definition) is 1. The average molecular weight is 345 g/mol. The van der Waals surface area contributed by atoms with Crippen LogP contribution in [0.25, 0.3) is 0 Å². The molecule has 2 saturated heterocycles. The summed E-state index contributed by atoms with van der Waals surface area (Å²) in [7, 11) is -3.38. The third-order valence-corrected chi connectivity index (χ3v) is 6.26. The molecule has 2 aliphatic heterocycles. The highest BCUT2D eigenvalue weighted by molar-refractivity contribution is 7.88. The minimum atomic E-state index is -3.38. The van der Waals surface area contributed by atoms with Crippen LogP contribution < -0.4 is 5.32 Å². The normalized spacial score (nSPS) is 21.6. The summed E-state index contributed by atoms with van der Waals surface area (Å²) in [6, 6.07) is 6.80. The van der Waals surface area contributed by atoms with Crippen molar-refractivity contribution in [2.45, 2.75) is 24.2 Å². The van der Waals surface area contributed by atoms with Gasteiger partial charge in [0, 0.05) is 31.0 Å². The number of hydrogen-bond acceptors (Lipinski definition) is 4. The average Bonchev–Trinajstić information content (AvgIpc) is 2.82. The third kappa shape index (κ3) is 3.21. The first kappa shape index (κ1) is 15.6.